The van der Waals surface area contributed by atoms with Crippen molar-refractivity contribution in [2.45, 2.75) is 33.4 Å². The number of hydrogen-bond acceptors (Lipinski definition) is 6. The SMILES string of the molecule is CCc1noc(Cn2cnc3c4ccccc4n(CC(=O)Nc4ccc(C)cc4)c3c2=O)n1. The number of aromatic nitrogens is 5. The number of carbonyl (C=O) groups is 1. The molecule has 0 fully saturated rings. The highest BCUT2D eigenvalue weighted by molar-refractivity contribution is 6.06. The molecule has 0 radical (unpaired) electrons. The summed E-state index contributed by atoms with van der Waals surface area (Å²) >= 11 is 0. The number of fused-ring (bicyclic) bond motifs is 3. The van der Waals surface area contributed by atoms with E-state index in [0.717, 1.165) is 16.5 Å². The summed E-state index contributed by atoms with van der Waals surface area (Å²) in [7, 11) is 0. The number of aryl methyl sites for hydroxylation is 2. The minimum Gasteiger partial charge on any atom is -0.337 e. The van der Waals surface area contributed by atoms with E-state index in [2.05, 4.69) is 20.4 Å². The molecule has 0 aliphatic carbocycles. The van der Waals surface area contributed by atoms with Gasteiger partial charge in [0.15, 0.2) is 5.82 Å². The predicted octanol–water partition coefficient (Wildman–Crippen LogP) is 3.29. The van der Waals surface area contributed by atoms with Crippen LogP contribution in [0.4, 0.5) is 5.69 Å². The highest BCUT2D eigenvalue weighted by Crippen LogP contribution is 2.25. The van der Waals surface area contributed by atoms with Crippen LogP contribution in [-0.2, 0) is 24.3 Å². The highest BCUT2D eigenvalue weighted by atomic mass is 16.5. The Kier molecular flexibility index (Phi) is 5.21. The molecule has 0 saturated heterocycles. The van der Waals surface area contributed by atoms with Crippen LogP contribution in [0.5, 0.6) is 0 Å². The molecule has 5 aromatic rings. The van der Waals surface area contributed by atoms with Gasteiger partial charge in [-0.3, -0.25) is 14.2 Å². The summed E-state index contributed by atoms with van der Waals surface area (Å²) in [5.41, 5.74) is 3.19. The average Bonchev–Trinajstić information content (AvgIpc) is 3.40. The van der Waals surface area contributed by atoms with E-state index in [1.807, 2.05) is 62.4 Å². The van der Waals surface area contributed by atoms with E-state index >= 15 is 0 Å². The second-order valence-electron chi connectivity index (χ2n) is 7.85. The highest BCUT2D eigenvalue weighted by Gasteiger charge is 2.19. The fourth-order valence-corrected chi connectivity index (χ4v) is 3.85. The number of nitrogens with zero attached hydrogens (tertiary/aromatic N) is 5. The summed E-state index contributed by atoms with van der Waals surface area (Å²) in [5.74, 6) is 0.671. The molecule has 166 valence electrons. The zero-order valence-electron chi connectivity index (χ0n) is 18.3. The molecule has 2 aromatic carbocycles. The maximum atomic E-state index is 13.5. The maximum Gasteiger partial charge on any atom is 0.278 e. The van der Waals surface area contributed by atoms with Crippen molar-refractivity contribution in [1.82, 2.24) is 24.3 Å². The van der Waals surface area contributed by atoms with Gasteiger partial charge in [0.1, 0.15) is 24.1 Å². The number of anilines is 1. The van der Waals surface area contributed by atoms with Crippen LogP contribution >= 0.6 is 0 Å². The van der Waals surface area contributed by atoms with E-state index in [9.17, 15) is 9.59 Å². The molecule has 5 rings (SSSR count). The normalized spacial score (nSPS) is 11.3. The fraction of sp³-hybridized carbons (Fsp3) is 0.208. The Balaban J connectivity index is 1.56. The van der Waals surface area contributed by atoms with Gasteiger partial charge in [-0.15, -0.1) is 0 Å². The molecule has 0 unspecified atom stereocenters. The third-order valence-corrected chi connectivity index (χ3v) is 5.50. The van der Waals surface area contributed by atoms with Crippen molar-refractivity contribution in [3.05, 3.63) is 82.5 Å². The molecule has 0 atom stereocenters. The second kappa shape index (κ2) is 8.34. The van der Waals surface area contributed by atoms with Crippen molar-refractivity contribution in [3.63, 3.8) is 0 Å². The summed E-state index contributed by atoms with van der Waals surface area (Å²) in [6.45, 7) is 3.98. The molecule has 1 N–H and O–H groups in total. The van der Waals surface area contributed by atoms with Crippen LogP contribution in [0.2, 0.25) is 0 Å². The van der Waals surface area contributed by atoms with Crippen LogP contribution in [-0.4, -0.2) is 30.2 Å². The Morgan fingerprint density at radius 3 is 2.67 bits per heavy atom. The van der Waals surface area contributed by atoms with E-state index in [4.69, 9.17) is 4.52 Å². The first kappa shape index (κ1) is 20.6. The van der Waals surface area contributed by atoms with Crippen molar-refractivity contribution in [1.29, 1.82) is 0 Å². The van der Waals surface area contributed by atoms with Crippen molar-refractivity contribution >= 4 is 33.5 Å². The summed E-state index contributed by atoms with van der Waals surface area (Å²) < 4.78 is 8.37. The van der Waals surface area contributed by atoms with Gasteiger partial charge < -0.3 is 14.4 Å². The molecular weight excluding hydrogens is 420 g/mol. The van der Waals surface area contributed by atoms with Crippen LogP contribution < -0.4 is 10.9 Å². The van der Waals surface area contributed by atoms with Gasteiger partial charge in [-0.2, -0.15) is 4.98 Å². The lowest BCUT2D eigenvalue weighted by atomic mass is 10.2. The molecule has 9 heteroatoms. The van der Waals surface area contributed by atoms with Gasteiger partial charge in [0, 0.05) is 17.5 Å². The first-order valence-corrected chi connectivity index (χ1v) is 10.7. The number of benzene rings is 2. The number of nitrogens with one attached hydrogen (secondary N) is 1. The zero-order chi connectivity index (χ0) is 22.9. The standard InChI is InChI=1S/C24H22N6O3/c1-3-19-27-21(33-28-19)13-29-14-25-22-17-6-4-5-7-18(17)30(23(22)24(29)32)12-20(31)26-16-10-8-15(2)9-11-16/h4-11,14H,3,12-13H2,1-2H3,(H,26,31). The minimum atomic E-state index is -0.282. The van der Waals surface area contributed by atoms with Gasteiger partial charge in [-0.1, -0.05) is 48.0 Å². The minimum absolute atomic E-state index is 0.0284. The van der Waals surface area contributed by atoms with Crippen LogP contribution in [0, 0.1) is 6.92 Å². The Morgan fingerprint density at radius 1 is 1.12 bits per heavy atom. The van der Waals surface area contributed by atoms with Crippen LogP contribution in [0.25, 0.3) is 21.9 Å². The lowest BCUT2D eigenvalue weighted by molar-refractivity contribution is -0.116. The van der Waals surface area contributed by atoms with Crippen LogP contribution in [0.1, 0.15) is 24.2 Å². The fourth-order valence-electron chi connectivity index (χ4n) is 3.85. The Labute approximate surface area is 188 Å². The lowest BCUT2D eigenvalue weighted by Gasteiger charge is -2.09. The van der Waals surface area contributed by atoms with Crippen molar-refractivity contribution in [2.75, 3.05) is 5.32 Å². The third-order valence-electron chi connectivity index (χ3n) is 5.50. The largest absolute Gasteiger partial charge is 0.337 e. The third kappa shape index (κ3) is 3.89. The first-order valence-electron chi connectivity index (χ1n) is 10.7. The lowest BCUT2D eigenvalue weighted by Crippen LogP contribution is -2.25. The quantitative estimate of drug-likeness (QED) is 0.432. The smallest absolute Gasteiger partial charge is 0.278 e. The van der Waals surface area contributed by atoms with Gasteiger partial charge >= 0.3 is 0 Å². The number of amides is 1. The van der Waals surface area contributed by atoms with Gasteiger partial charge in [-0.25, -0.2) is 4.98 Å². The average molecular weight is 442 g/mol. The van der Waals surface area contributed by atoms with Gasteiger partial charge in [0.05, 0.1) is 11.8 Å². The molecule has 0 aliphatic heterocycles. The summed E-state index contributed by atoms with van der Waals surface area (Å²) in [4.78, 5) is 35.1. The van der Waals surface area contributed by atoms with E-state index in [0.29, 0.717) is 34.9 Å². The van der Waals surface area contributed by atoms with Gasteiger partial charge in [0.25, 0.3) is 5.56 Å². The molecule has 0 spiro atoms. The van der Waals surface area contributed by atoms with E-state index < -0.39 is 0 Å². The number of hydrogen-bond donors (Lipinski definition) is 1. The molecule has 9 nitrogen and oxygen atoms in total. The molecule has 3 heterocycles. The van der Waals surface area contributed by atoms with E-state index in [-0.39, 0.29) is 24.6 Å². The Hall–Kier alpha value is -4.27. The Morgan fingerprint density at radius 2 is 1.91 bits per heavy atom. The van der Waals surface area contributed by atoms with E-state index in [1.165, 1.54) is 10.9 Å². The maximum absolute atomic E-state index is 13.5. The van der Waals surface area contributed by atoms with Crippen molar-refractivity contribution < 1.29 is 9.32 Å². The topological polar surface area (TPSA) is 108 Å². The van der Waals surface area contributed by atoms with Gasteiger partial charge in [0.2, 0.25) is 11.8 Å². The number of rotatable bonds is 6. The zero-order valence-corrected chi connectivity index (χ0v) is 18.3. The summed E-state index contributed by atoms with van der Waals surface area (Å²) in [5, 5.41) is 7.59. The molecule has 0 saturated carbocycles. The predicted molar refractivity (Wildman–Crippen MR) is 124 cm³/mol. The number of carbonyl (C=O) groups excluding carboxylic acids is 1. The van der Waals surface area contributed by atoms with E-state index in [1.54, 1.807) is 4.57 Å². The molecule has 33 heavy (non-hydrogen) atoms. The van der Waals surface area contributed by atoms with Crippen molar-refractivity contribution in [2.24, 2.45) is 0 Å². The summed E-state index contributed by atoms with van der Waals surface area (Å²) in [6.07, 6.45) is 2.11. The summed E-state index contributed by atoms with van der Waals surface area (Å²) in [6, 6.07) is 15.1. The van der Waals surface area contributed by atoms with Crippen LogP contribution in [0.15, 0.2) is 64.2 Å². The van der Waals surface area contributed by atoms with Gasteiger partial charge in [-0.05, 0) is 25.1 Å². The Bertz CT molecular complexity index is 1530. The molecule has 1 amide bonds. The molecular formula is C24H22N6O3. The second-order valence-corrected chi connectivity index (χ2v) is 7.85. The van der Waals surface area contributed by atoms with Crippen molar-refractivity contribution in [3.8, 4) is 0 Å². The molecule has 0 aliphatic rings. The number of para-hydroxylation sites is 1. The first-order chi connectivity index (χ1) is 16.0. The molecule has 0 bridgehead atoms. The van der Waals surface area contributed by atoms with Crippen LogP contribution in [0.3, 0.4) is 0 Å². The monoisotopic (exact) mass is 442 g/mol. The molecule has 3 aromatic heterocycles.